The van der Waals surface area contributed by atoms with Crippen molar-refractivity contribution in [1.29, 1.82) is 0 Å². The van der Waals surface area contributed by atoms with Crippen LogP contribution in [-0.2, 0) is 14.8 Å². The lowest BCUT2D eigenvalue weighted by Crippen LogP contribution is -2.38. The summed E-state index contributed by atoms with van der Waals surface area (Å²) in [6.45, 7) is 1.76. The molecular formula is C17H22ClN3O3S. The smallest absolute Gasteiger partial charge is 0.240 e. The largest absolute Gasteiger partial charge is 0.352 e. The molecule has 0 saturated carbocycles. The van der Waals surface area contributed by atoms with Gasteiger partial charge in [-0.15, -0.1) is 12.4 Å². The van der Waals surface area contributed by atoms with Gasteiger partial charge < -0.3 is 10.6 Å². The Hall–Kier alpha value is -1.67. The number of hydrogen-bond donors (Lipinski definition) is 3. The molecule has 1 aliphatic rings. The number of fused-ring (bicyclic) bond motifs is 1. The van der Waals surface area contributed by atoms with Gasteiger partial charge in [0.05, 0.1) is 4.90 Å². The zero-order valence-corrected chi connectivity index (χ0v) is 15.3. The van der Waals surface area contributed by atoms with Gasteiger partial charge in [0.15, 0.2) is 0 Å². The van der Waals surface area contributed by atoms with E-state index in [1.165, 1.54) is 0 Å². The topological polar surface area (TPSA) is 87.3 Å². The van der Waals surface area contributed by atoms with Gasteiger partial charge in [0.2, 0.25) is 15.9 Å². The molecule has 25 heavy (non-hydrogen) atoms. The fourth-order valence-electron chi connectivity index (χ4n) is 2.79. The van der Waals surface area contributed by atoms with E-state index in [2.05, 4.69) is 15.4 Å². The van der Waals surface area contributed by atoms with Gasteiger partial charge in [0.25, 0.3) is 0 Å². The summed E-state index contributed by atoms with van der Waals surface area (Å²) in [5.41, 5.74) is 0. The molecule has 1 saturated heterocycles. The molecule has 3 rings (SSSR count). The summed E-state index contributed by atoms with van der Waals surface area (Å²) in [4.78, 5) is 12.0. The molecule has 0 aliphatic carbocycles. The number of nitrogens with one attached hydrogen (secondary N) is 3. The summed E-state index contributed by atoms with van der Waals surface area (Å²) in [5, 5.41) is 7.92. The number of sulfonamides is 1. The first-order valence-electron chi connectivity index (χ1n) is 8.03. The van der Waals surface area contributed by atoms with Crippen LogP contribution in [0.25, 0.3) is 10.8 Å². The molecule has 1 fully saturated rings. The molecule has 1 heterocycles. The van der Waals surface area contributed by atoms with Crippen LogP contribution in [0, 0.1) is 0 Å². The fourth-order valence-corrected chi connectivity index (χ4v) is 3.86. The summed E-state index contributed by atoms with van der Waals surface area (Å²) in [6, 6.07) is 12.7. The average Bonchev–Trinajstić information content (AvgIpc) is 3.07. The van der Waals surface area contributed by atoms with E-state index in [0.717, 1.165) is 30.3 Å². The third kappa shape index (κ3) is 5.15. The second-order valence-electron chi connectivity index (χ2n) is 5.91. The van der Waals surface area contributed by atoms with Crippen LogP contribution in [0.15, 0.2) is 47.4 Å². The number of carbonyl (C=O) groups is 1. The lowest BCUT2D eigenvalue weighted by Gasteiger charge is -2.12. The van der Waals surface area contributed by atoms with E-state index in [9.17, 15) is 13.2 Å². The molecular weight excluding hydrogens is 362 g/mol. The number of benzene rings is 2. The van der Waals surface area contributed by atoms with E-state index in [-0.39, 0.29) is 42.2 Å². The molecule has 2 aromatic rings. The second kappa shape index (κ2) is 8.62. The zero-order valence-electron chi connectivity index (χ0n) is 13.7. The molecule has 0 aromatic heterocycles. The van der Waals surface area contributed by atoms with Crippen LogP contribution < -0.4 is 15.4 Å². The van der Waals surface area contributed by atoms with Crippen LogP contribution in [0.3, 0.4) is 0 Å². The van der Waals surface area contributed by atoms with Gasteiger partial charge in [-0.3, -0.25) is 4.79 Å². The number of rotatable bonds is 6. The van der Waals surface area contributed by atoms with E-state index in [4.69, 9.17) is 0 Å². The molecule has 1 atom stereocenters. The monoisotopic (exact) mass is 383 g/mol. The van der Waals surface area contributed by atoms with Crippen molar-refractivity contribution in [2.24, 2.45) is 0 Å². The summed E-state index contributed by atoms with van der Waals surface area (Å²) in [7, 11) is -3.62. The number of hydrogen-bond acceptors (Lipinski definition) is 4. The third-order valence-corrected chi connectivity index (χ3v) is 5.56. The van der Waals surface area contributed by atoms with Crippen molar-refractivity contribution in [3.8, 4) is 0 Å². The summed E-state index contributed by atoms with van der Waals surface area (Å²) in [6.07, 6.45) is 1.04. The van der Waals surface area contributed by atoms with Gasteiger partial charge in [-0.05, 0) is 35.9 Å². The minimum Gasteiger partial charge on any atom is -0.352 e. The zero-order chi connectivity index (χ0) is 17.0. The molecule has 2 aromatic carbocycles. The van der Waals surface area contributed by atoms with E-state index >= 15 is 0 Å². The molecule has 3 N–H and O–H groups in total. The maximum Gasteiger partial charge on any atom is 0.240 e. The minimum absolute atomic E-state index is 0. The lowest BCUT2D eigenvalue weighted by molar-refractivity contribution is -0.121. The molecule has 1 amide bonds. The van der Waals surface area contributed by atoms with Gasteiger partial charge >= 0.3 is 0 Å². The Kier molecular flexibility index (Phi) is 6.78. The minimum atomic E-state index is -3.62. The van der Waals surface area contributed by atoms with Crippen molar-refractivity contribution >= 4 is 39.1 Å². The van der Waals surface area contributed by atoms with Gasteiger partial charge in [0.1, 0.15) is 0 Å². The highest BCUT2D eigenvalue weighted by molar-refractivity contribution is 7.89. The SMILES string of the molecule is Cl.O=C(CCNS(=O)(=O)c1ccc2ccccc2c1)NC1CCNC1. The highest BCUT2D eigenvalue weighted by atomic mass is 35.5. The Morgan fingerprint density at radius 1 is 1.16 bits per heavy atom. The van der Waals surface area contributed by atoms with Crippen LogP contribution in [0.5, 0.6) is 0 Å². The first kappa shape index (κ1) is 19.7. The normalized spacial score (nSPS) is 17.2. The highest BCUT2D eigenvalue weighted by Gasteiger charge is 2.18. The van der Waals surface area contributed by atoms with Gasteiger partial charge in [-0.25, -0.2) is 13.1 Å². The van der Waals surface area contributed by atoms with Gasteiger partial charge in [-0.2, -0.15) is 0 Å². The van der Waals surface area contributed by atoms with Crippen LogP contribution in [0.4, 0.5) is 0 Å². The Balaban J connectivity index is 0.00000225. The van der Waals surface area contributed by atoms with Crippen molar-refractivity contribution in [2.75, 3.05) is 19.6 Å². The van der Waals surface area contributed by atoms with Crippen LogP contribution in [0.1, 0.15) is 12.8 Å². The van der Waals surface area contributed by atoms with Gasteiger partial charge in [-0.1, -0.05) is 30.3 Å². The van der Waals surface area contributed by atoms with E-state index in [1.54, 1.807) is 18.2 Å². The Labute approximate surface area is 153 Å². The van der Waals surface area contributed by atoms with Gasteiger partial charge in [0, 0.05) is 25.6 Å². The number of amides is 1. The van der Waals surface area contributed by atoms with E-state index < -0.39 is 10.0 Å². The predicted octanol–water partition coefficient (Wildman–Crippen LogP) is 1.41. The van der Waals surface area contributed by atoms with Crippen molar-refractivity contribution in [3.05, 3.63) is 42.5 Å². The molecule has 0 spiro atoms. The second-order valence-corrected chi connectivity index (χ2v) is 7.68. The van der Waals surface area contributed by atoms with Crippen molar-refractivity contribution in [3.63, 3.8) is 0 Å². The number of halogens is 1. The first-order chi connectivity index (χ1) is 11.5. The molecule has 0 radical (unpaired) electrons. The molecule has 6 nitrogen and oxygen atoms in total. The average molecular weight is 384 g/mol. The molecule has 8 heteroatoms. The van der Waals surface area contributed by atoms with Crippen LogP contribution in [-0.4, -0.2) is 40.0 Å². The predicted molar refractivity (Wildman–Crippen MR) is 100 cm³/mol. The maximum absolute atomic E-state index is 12.3. The number of carbonyl (C=O) groups excluding carboxylic acids is 1. The maximum atomic E-state index is 12.3. The molecule has 136 valence electrons. The molecule has 1 unspecified atom stereocenters. The Morgan fingerprint density at radius 3 is 2.64 bits per heavy atom. The van der Waals surface area contributed by atoms with E-state index in [0.29, 0.717) is 0 Å². The van der Waals surface area contributed by atoms with Crippen LogP contribution in [0.2, 0.25) is 0 Å². The highest BCUT2D eigenvalue weighted by Crippen LogP contribution is 2.18. The standard InChI is InChI=1S/C17H21N3O3S.ClH/c21-17(20-15-7-9-18-12-15)8-10-19-24(22,23)16-6-5-13-3-1-2-4-14(13)11-16;/h1-6,11,15,18-19H,7-10,12H2,(H,20,21);1H. The summed E-state index contributed by atoms with van der Waals surface area (Å²) < 4.78 is 27.2. The lowest BCUT2D eigenvalue weighted by atomic mass is 10.1. The Morgan fingerprint density at radius 2 is 1.92 bits per heavy atom. The van der Waals surface area contributed by atoms with E-state index in [1.807, 2.05) is 24.3 Å². The quantitative estimate of drug-likeness (QED) is 0.703. The van der Waals surface area contributed by atoms with Crippen LogP contribution >= 0.6 is 12.4 Å². The Bertz CT molecular complexity index is 836. The summed E-state index contributed by atoms with van der Waals surface area (Å²) >= 11 is 0. The molecule has 0 bridgehead atoms. The van der Waals surface area contributed by atoms with Crippen molar-refractivity contribution in [2.45, 2.75) is 23.8 Å². The molecule has 1 aliphatic heterocycles. The summed E-state index contributed by atoms with van der Waals surface area (Å²) in [5.74, 6) is -0.134. The first-order valence-corrected chi connectivity index (χ1v) is 9.51. The third-order valence-electron chi connectivity index (χ3n) is 4.10. The van der Waals surface area contributed by atoms with Crippen molar-refractivity contribution in [1.82, 2.24) is 15.4 Å². The fraction of sp³-hybridized carbons (Fsp3) is 0.353. The van der Waals surface area contributed by atoms with Crippen molar-refractivity contribution < 1.29 is 13.2 Å².